The summed E-state index contributed by atoms with van der Waals surface area (Å²) in [7, 11) is 0. The molecule has 23 heavy (non-hydrogen) atoms. The Morgan fingerprint density at radius 2 is 1.70 bits per heavy atom. The molecule has 2 aliphatic heterocycles. The quantitative estimate of drug-likeness (QED) is 0.801. The Hall–Kier alpha value is -1.10. The second kappa shape index (κ2) is 6.42. The Balaban J connectivity index is 1.98. The van der Waals surface area contributed by atoms with Gasteiger partial charge in [-0.3, -0.25) is 9.69 Å². The number of Topliss-reactive ketones (excluding diaryl/α,β-unsaturated/α-hetero) is 1. The molecule has 2 heterocycles. The SMILES string of the molecule is CC(=O)[C@H](C(C)C)N1CCC2(CCN(C(=O)OC(C)(C)C)C2)C1. The minimum Gasteiger partial charge on any atom is -0.444 e. The minimum absolute atomic E-state index is 0.00458. The number of nitrogens with zero attached hydrogens (tertiary/aromatic N) is 2. The Labute approximate surface area is 140 Å². The van der Waals surface area contributed by atoms with Crippen LogP contribution in [-0.4, -0.2) is 59.5 Å². The number of ether oxygens (including phenoxy) is 1. The van der Waals surface area contributed by atoms with Gasteiger partial charge in [0.1, 0.15) is 11.4 Å². The Morgan fingerprint density at radius 1 is 1.09 bits per heavy atom. The third-order valence-corrected chi connectivity index (χ3v) is 5.00. The predicted molar refractivity (Wildman–Crippen MR) is 90.4 cm³/mol. The third-order valence-electron chi connectivity index (χ3n) is 5.00. The van der Waals surface area contributed by atoms with Gasteiger partial charge < -0.3 is 9.64 Å². The molecule has 0 aromatic carbocycles. The first-order chi connectivity index (χ1) is 10.5. The van der Waals surface area contributed by atoms with Crippen LogP contribution >= 0.6 is 0 Å². The summed E-state index contributed by atoms with van der Waals surface area (Å²) in [5, 5.41) is 0. The van der Waals surface area contributed by atoms with Crippen LogP contribution < -0.4 is 0 Å². The van der Waals surface area contributed by atoms with Gasteiger partial charge in [0.2, 0.25) is 0 Å². The monoisotopic (exact) mass is 324 g/mol. The number of amides is 1. The number of ketones is 1. The summed E-state index contributed by atoms with van der Waals surface area (Å²) in [6.45, 7) is 15.0. The Morgan fingerprint density at radius 3 is 2.22 bits per heavy atom. The molecule has 0 aromatic heterocycles. The lowest BCUT2D eigenvalue weighted by atomic mass is 9.86. The van der Waals surface area contributed by atoms with Gasteiger partial charge in [0.15, 0.2) is 0 Å². The van der Waals surface area contributed by atoms with Crippen molar-refractivity contribution in [2.45, 2.75) is 66.0 Å². The van der Waals surface area contributed by atoms with Crippen LogP contribution in [0.15, 0.2) is 0 Å². The van der Waals surface area contributed by atoms with Crippen molar-refractivity contribution in [2.24, 2.45) is 11.3 Å². The molecule has 0 saturated carbocycles. The van der Waals surface area contributed by atoms with E-state index in [-0.39, 0.29) is 23.3 Å². The summed E-state index contributed by atoms with van der Waals surface area (Å²) in [5.74, 6) is 0.574. The van der Waals surface area contributed by atoms with Gasteiger partial charge in [-0.05, 0) is 53.0 Å². The average molecular weight is 324 g/mol. The number of rotatable bonds is 3. The van der Waals surface area contributed by atoms with Crippen LogP contribution in [0, 0.1) is 11.3 Å². The van der Waals surface area contributed by atoms with Gasteiger partial charge in [0.25, 0.3) is 0 Å². The summed E-state index contributed by atoms with van der Waals surface area (Å²) in [6.07, 6.45) is 1.86. The lowest BCUT2D eigenvalue weighted by Crippen LogP contribution is -2.44. The van der Waals surface area contributed by atoms with Crippen molar-refractivity contribution in [3.63, 3.8) is 0 Å². The second-order valence-electron chi connectivity index (χ2n) is 8.67. The second-order valence-corrected chi connectivity index (χ2v) is 8.67. The molecule has 1 spiro atoms. The molecule has 132 valence electrons. The summed E-state index contributed by atoms with van der Waals surface area (Å²) in [4.78, 5) is 28.4. The van der Waals surface area contributed by atoms with Crippen LogP contribution in [0.2, 0.25) is 0 Å². The zero-order valence-corrected chi connectivity index (χ0v) is 15.5. The van der Waals surface area contributed by atoms with E-state index in [4.69, 9.17) is 4.74 Å². The van der Waals surface area contributed by atoms with E-state index in [0.29, 0.717) is 5.92 Å². The average Bonchev–Trinajstić information content (AvgIpc) is 2.95. The maximum Gasteiger partial charge on any atom is 0.410 e. The standard InChI is InChI=1S/C18H32N2O3/c1-13(2)15(14(3)21)19-9-7-18(11-19)8-10-20(12-18)16(22)23-17(4,5)6/h13,15H,7-12H2,1-6H3/t15-,18?/m0/s1. The number of hydrogen-bond acceptors (Lipinski definition) is 4. The molecule has 2 rings (SSSR count). The Bertz CT molecular complexity index is 469. The zero-order chi connectivity index (χ0) is 17.4. The highest BCUT2D eigenvalue weighted by Crippen LogP contribution is 2.41. The first-order valence-corrected chi connectivity index (χ1v) is 8.75. The maximum atomic E-state index is 12.3. The number of carbonyl (C=O) groups excluding carboxylic acids is 2. The molecular weight excluding hydrogens is 292 g/mol. The van der Waals surface area contributed by atoms with Crippen LogP contribution in [-0.2, 0) is 9.53 Å². The predicted octanol–water partition coefficient (Wildman–Crippen LogP) is 2.93. The molecule has 2 fully saturated rings. The zero-order valence-electron chi connectivity index (χ0n) is 15.5. The fraction of sp³-hybridized carbons (Fsp3) is 0.889. The van der Waals surface area contributed by atoms with E-state index in [1.807, 2.05) is 25.7 Å². The van der Waals surface area contributed by atoms with Crippen molar-refractivity contribution < 1.29 is 14.3 Å². The van der Waals surface area contributed by atoms with Crippen molar-refractivity contribution in [3.05, 3.63) is 0 Å². The van der Waals surface area contributed by atoms with Gasteiger partial charge in [0, 0.05) is 25.0 Å². The van der Waals surface area contributed by atoms with Crippen molar-refractivity contribution in [2.75, 3.05) is 26.2 Å². The number of likely N-dealkylation sites (tertiary alicyclic amines) is 2. The molecule has 2 saturated heterocycles. The van der Waals surface area contributed by atoms with Crippen molar-refractivity contribution in [1.82, 2.24) is 9.80 Å². The summed E-state index contributed by atoms with van der Waals surface area (Å²) < 4.78 is 5.49. The molecule has 5 heteroatoms. The highest BCUT2D eigenvalue weighted by molar-refractivity contribution is 5.81. The van der Waals surface area contributed by atoms with Gasteiger partial charge in [-0.1, -0.05) is 13.8 Å². The minimum atomic E-state index is -0.452. The van der Waals surface area contributed by atoms with E-state index in [0.717, 1.165) is 39.0 Å². The molecule has 0 N–H and O–H groups in total. The lowest BCUT2D eigenvalue weighted by Gasteiger charge is -2.31. The van der Waals surface area contributed by atoms with Gasteiger partial charge in [0.05, 0.1) is 6.04 Å². The Kier molecular flexibility index (Phi) is 5.09. The fourth-order valence-electron chi connectivity index (χ4n) is 4.11. The molecule has 1 unspecified atom stereocenters. The highest BCUT2D eigenvalue weighted by Gasteiger charge is 2.47. The normalized spacial score (nSPS) is 27.0. The molecule has 2 aliphatic rings. The third kappa shape index (κ3) is 4.25. The van der Waals surface area contributed by atoms with Crippen LogP contribution in [0.1, 0.15) is 54.4 Å². The van der Waals surface area contributed by atoms with Crippen LogP contribution in [0.5, 0.6) is 0 Å². The molecule has 1 amide bonds. The molecule has 0 aliphatic carbocycles. The smallest absolute Gasteiger partial charge is 0.410 e. The highest BCUT2D eigenvalue weighted by atomic mass is 16.6. The van der Waals surface area contributed by atoms with Gasteiger partial charge in [-0.2, -0.15) is 0 Å². The van der Waals surface area contributed by atoms with E-state index >= 15 is 0 Å². The van der Waals surface area contributed by atoms with Gasteiger partial charge in [-0.25, -0.2) is 4.79 Å². The summed E-state index contributed by atoms with van der Waals surface area (Å²) in [5.41, 5.74) is -0.314. The van der Waals surface area contributed by atoms with Gasteiger partial charge in [-0.15, -0.1) is 0 Å². The van der Waals surface area contributed by atoms with Crippen LogP contribution in [0.25, 0.3) is 0 Å². The van der Waals surface area contributed by atoms with E-state index in [1.165, 1.54) is 0 Å². The molecule has 0 aromatic rings. The van der Waals surface area contributed by atoms with Crippen molar-refractivity contribution >= 4 is 11.9 Å². The van der Waals surface area contributed by atoms with E-state index in [2.05, 4.69) is 18.7 Å². The molecule has 5 nitrogen and oxygen atoms in total. The maximum absolute atomic E-state index is 12.3. The summed E-state index contributed by atoms with van der Waals surface area (Å²) >= 11 is 0. The number of carbonyl (C=O) groups is 2. The van der Waals surface area contributed by atoms with Crippen LogP contribution in [0.4, 0.5) is 4.79 Å². The molecular formula is C18H32N2O3. The van der Waals surface area contributed by atoms with Crippen LogP contribution in [0.3, 0.4) is 0 Å². The largest absolute Gasteiger partial charge is 0.444 e. The topological polar surface area (TPSA) is 49.9 Å². The van der Waals surface area contributed by atoms with E-state index in [1.54, 1.807) is 6.92 Å². The fourth-order valence-corrected chi connectivity index (χ4v) is 4.11. The van der Waals surface area contributed by atoms with Crippen molar-refractivity contribution in [1.29, 1.82) is 0 Å². The molecule has 2 atom stereocenters. The van der Waals surface area contributed by atoms with Gasteiger partial charge >= 0.3 is 6.09 Å². The van der Waals surface area contributed by atoms with E-state index < -0.39 is 5.60 Å². The summed E-state index contributed by atoms with van der Waals surface area (Å²) in [6, 6.07) is 0.00458. The first-order valence-electron chi connectivity index (χ1n) is 8.75. The number of hydrogen-bond donors (Lipinski definition) is 0. The molecule has 0 radical (unpaired) electrons. The van der Waals surface area contributed by atoms with E-state index in [9.17, 15) is 9.59 Å². The lowest BCUT2D eigenvalue weighted by molar-refractivity contribution is -0.123. The molecule has 0 bridgehead atoms. The first kappa shape index (κ1) is 18.2. The van der Waals surface area contributed by atoms with Crippen molar-refractivity contribution in [3.8, 4) is 0 Å².